The number of carbonyl (C=O) groups is 2. The third-order valence-corrected chi connectivity index (χ3v) is 5.12. The van der Waals surface area contributed by atoms with Crippen molar-refractivity contribution in [2.24, 2.45) is 5.73 Å². The summed E-state index contributed by atoms with van der Waals surface area (Å²) in [5.41, 5.74) is 9.25. The van der Waals surface area contributed by atoms with E-state index in [1.807, 2.05) is 63.4 Å². The fourth-order valence-corrected chi connectivity index (χ4v) is 3.53. The Bertz CT molecular complexity index is 1390. The first-order valence-electron chi connectivity index (χ1n) is 11.0. The molecular formula is C26H27N5O4. The first-order valence-corrected chi connectivity index (χ1v) is 11.0. The largest absolute Gasteiger partial charge is 0.495 e. The van der Waals surface area contributed by atoms with Crippen LogP contribution in [0.5, 0.6) is 5.75 Å². The summed E-state index contributed by atoms with van der Waals surface area (Å²) in [6.45, 7) is 5.56. The van der Waals surface area contributed by atoms with Gasteiger partial charge < -0.3 is 20.5 Å². The maximum absolute atomic E-state index is 12.1. The molecule has 0 aliphatic heterocycles. The number of amides is 1. The average molecular weight is 474 g/mol. The molecule has 2 heterocycles. The van der Waals surface area contributed by atoms with Crippen molar-refractivity contribution in [3.63, 3.8) is 0 Å². The summed E-state index contributed by atoms with van der Waals surface area (Å²) < 4.78 is 12.4. The summed E-state index contributed by atoms with van der Waals surface area (Å²) in [4.78, 5) is 28.0. The van der Waals surface area contributed by atoms with Gasteiger partial charge in [0.2, 0.25) is 11.9 Å². The Kier molecular flexibility index (Phi) is 6.42. The zero-order chi connectivity index (χ0) is 25.2. The summed E-state index contributed by atoms with van der Waals surface area (Å²) >= 11 is 0. The van der Waals surface area contributed by atoms with Crippen LogP contribution in [0.25, 0.3) is 16.8 Å². The van der Waals surface area contributed by atoms with Gasteiger partial charge in [-0.15, -0.1) is 5.10 Å². The van der Waals surface area contributed by atoms with E-state index >= 15 is 0 Å². The Labute approximate surface area is 202 Å². The Morgan fingerprint density at radius 3 is 2.40 bits per heavy atom. The summed E-state index contributed by atoms with van der Waals surface area (Å²) in [7, 11) is 1.51. The molecule has 0 bridgehead atoms. The van der Waals surface area contributed by atoms with Gasteiger partial charge in [-0.2, -0.15) is 4.98 Å². The number of anilines is 2. The molecule has 9 nitrogen and oxygen atoms in total. The van der Waals surface area contributed by atoms with Crippen molar-refractivity contribution in [2.45, 2.75) is 32.8 Å². The van der Waals surface area contributed by atoms with Crippen molar-refractivity contribution in [3.05, 3.63) is 71.9 Å². The highest BCUT2D eigenvalue weighted by Crippen LogP contribution is 2.28. The number of fused-ring (bicyclic) bond motifs is 1. The maximum atomic E-state index is 12.1. The summed E-state index contributed by atoms with van der Waals surface area (Å²) in [5.74, 6) is 0.0358. The Morgan fingerprint density at radius 1 is 1.03 bits per heavy atom. The van der Waals surface area contributed by atoms with Gasteiger partial charge >= 0.3 is 5.97 Å². The number of pyridine rings is 1. The average Bonchev–Trinajstić information content (AvgIpc) is 3.20. The minimum atomic E-state index is -0.536. The van der Waals surface area contributed by atoms with Crippen LogP contribution in [0.3, 0.4) is 0 Å². The second-order valence-electron chi connectivity index (χ2n) is 9.02. The predicted molar refractivity (Wildman–Crippen MR) is 133 cm³/mol. The van der Waals surface area contributed by atoms with Gasteiger partial charge in [0.1, 0.15) is 11.4 Å². The highest BCUT2D eigenvalue weighted by molar-refractivity contribution is 5.94. The van der Waals surface area contributed by atoms with Gasteiger partial charge in [-0.1, -0.05) is 24.3 Å². The second-order valence-corrected chi connectivity index (χ2v) is 9.02. The number of aromatic nitrogens is 3. The van der Waals surface area contributed by atoms with Crippen molar-refractivity contribution in [2.75, 3.05) is 12.4 Å². The molecule has 0 spiro atoms. The van der Waals surface area contributed by atoms with Crippen molar-refractivity contribution >= 4 is 29.2 Å². The lowest BCUT2D eigenvalue weighted by atomic mass is 10.0. The SMILES string of the molecule is COc1cc(C(N)=O)ccc1Nc1nc2ccc(-c3ccc(CC(=O)OC(C)(C)C)cc3)cn2n1. The number of carbonyl (C=O) groups excluding carboxylic acids is 2. The van der Waals surface area contributed by atoms with Gasteiger partial charge in [0.15, 0.2) is 5.65 Å². The fraction of sp³-hybridized carbons (Fsp3) is 0.231. The number of hydrogen-bond acceptors (Lipinski definition) is 7. The smallest absolute Gasteiger partial charge is 0.310 e. The lowest BCUT2D eigenvalue weighted by molar-refractivity contribution is -0.153. The van der Waals surface area contributed by atoms with E-state index in [-0.39, 0.29) is 12.4 Å². The molecule has 2 aromatic heterocycles. The van der Waals surface area contributed by atoms with Gasteiger partial charge in [-0.05, 0) is 62.2 Å². The monoisotopic (exact) mass is 473 g/mol. The number of benzene rings is 2. The molecule has 0 aliphatic rings. The zero-order valence-corrected chi connectivity index (χ0v) is 20.0. The van der Waals surface area contributed by atoms with Crippen LogP contribution in [-0.2, 0) is 16.0 Å². The molecule has 2 aromatic carbocycles. The van der Waals surface area contributed by atoms with Gasteiger partial charge in [-0.3, -0.25) is 9.59 Å². The number of nitrogens with zero attached hydrogens (tertiary/aromatic N) is 3. The third-order valence-electron chi connectivity index (χ3n) is 5.12. The van der Waals surface area contributed by atoms with Crippen molar-refractivity contribution in [1.82, 2.24) is 14.6 Å². The molecule has 3 N–H and O–H groups in total. The molecule has 4 rings (SSSR count). The first-order chi connectivity index (χ1) is 16.6. The quantitative estimate of drug-likeness (QED) is 0.387. The molecule has 0 radical (unpaired) electrons. The molecule has 180 valence electrons. The van der Waals surface area contributed by atoms with Gasteiger partial charge in [0.05, 0.1) is 19.2 Å². The number of methoxy groups -OCH3 is 1. The fourth-order valence-electron chi connectivity index (χ4n) is 3.53. The molecule has 0 saturated carbocycles. The van der Waals surface area contributed by atoms with Gasteiger partial charge in [0.25, 0.3) is 0 Å². The lowest BCUT2D eigenvalue weighted by Gasteiger charge is -2.19. The number of rotatable bonds is 7. The second kappa shape index (κ2) is 9.46. The van der Waals surface area contributed by atoms with E-state index in [4.69, 9.17) is 15.2 Å². The van der Waals surface area contributed by atoms with Crippen LogP contribution in [0, 0.1) is 0 Å². The van der Waals surface area contributed by atoms with Gasteiger partial charge in [0, 0.05) is 17.3 Å². The molecule has 9 heteroatoms. The van der Waals surface area contributed by atoms with E-state index in [9.17, 15) is 9.59 Å². The molecule has 0 atom stereocenters. The predicted octanol–water partition coefficient (Wildman–Crippen LogP) is 4.13. The lowest BCUT2D eigenvalue weighted by Crippen LogP contribution is -2.24. The van der Waals surface area contributed by atoms with E-state index < -0.39 is 11.5 Å². The summed E-state index contributed by atoms with van der Waals surface area (Å²) in [6.07, 6.45) is 2.10. The number of primary amides is 1. The highest BCUT2D eigenvalue weighted by Gasteiger charge is 2.16. The van der Waals surface area contributed by atoms with Crippen LogP contribution in [-0.4, -0.2) is 39.2 Å². The number of esters is 1. The van der Waals surface area contributed by atoms with E-state index in [1.54, 1.807) is 22.7 Å². The topological polar surface area (TPSA) is 121 Å². The first kappa shape index (κ1) is 23.7. The van der Waals surface area contributed by atoms with Crippen LogP contribution in [0.1, 0.15) is 36.7 Å². The van der Waals surface area contributed by atoms with Crippen LogP contribution in [0.4, 0.5) is 11.6 Å². The number of hydrogen-bond donors (Lipinski definition) is 2. The molecule has 4 aromatic rings. The number of nitrogens with one attached hydrogen (secondary N) is 1. The van der Waals surface area contributed by atoms with E-state index in [1.165, 1.54) is 7.11 Å². The van der Waals surface area contributed by atoms with Crippen LogP contribution >= 0.6 is 0 Å². The van der Waals surface area contributed by atoms with Crippen LogP contribution < -0.4 is 15.8 Å². The zero-order valence-electron chi connectivity index (χ0n) is 20.0. The standard InChI is InChI=1S/C26H27N5O4/c1-26(2,3)35-23(32)13-16-5-7-17(8-6-16)19-10-12-22-29-25(30-31(22)15-19)28-20-11-9-18(24(27)33)14-21(20)34-4/h5-12,14-15H,13H2,1-4H3,(H2,27,33)(H,28,30). The molecule has 0 unspecified atom stereocenters. The normalized spacial score (nSPS) is 11.3. The van der Waals surface area contributed by atoms with E-state index in [0.717, 1.165) is 16.7 Å². The van der Waals surface area contributed by atoms with Crippen molar-refractivity contribution in [1.29, 1.82) is 0 Å². The Hall–Kier alpha value is -4.40. The molecule has 0 fully saturated rings. The maximum Gasteiger partial charge on any atom is 0.310 e. The molecular weight excluding hydrogens is 446 g/mol. The summed E-state index contributed by atoms with van der Waals surface area (Å²) in [6, 6.07) is 16.4. The van der Waals surface area contributed by atoms with Crippen LogP contribution in [0.2, 0.25) is 0 Å². The van der Waals surface area contributed by atoms with Gasteiger partial charge in [-0.25, -0.2) is 4.52 Å². The third kappa shape index (κ3) is 5.75. The molecule has 35 heavy (non-hydrogen) atoms. The Balaban J connectivity index is 1.51. The van der Waals surface area contributed by atoms with Crippen molar-refractivity contribution < 1.29 is 19.1 Å². The molecule has 1 amide bonds. The van der Waals surface area contributed by atoms with E-state index in [0.29, 0.717) is 28.6 Å². The van der Waals surface area contributed by atoms with E-state index in [2.05, 4.69) is 15.4 Å². The number of nitrogens with two attached hydrogens (primary N) is 1. The Morgan fingerprint density at radius 2 is 1.74 bits per heavy atom. The molecule has 0 aliphatic carbocycles. The minimum absolute atomic E-state index is 0.221. The summed E-state index contributed by atoms with van der Waals surface area (Å²) in [5, 5.41) is 7.62. The van der Waals surface area contributed by atoms with Crippen molar-refractivity contribution in [3.8, 4) is 16.9 Å². The number of ether oxygens (including phenoxy) is 2. The van der Waals surface area contributed by atoms with Crippen LogP contribution in [0.15, 0.2) is 60.8 Å². The molecule has 0 saturated heterocycles. The minimum Gasteiger partial charge on any atom is -0.495 e. The highest BCUT2D eigenvalue weighted by atomic mass is 16.6.